The van der Waals surface area contributed by atoms with Gasteiger partial charge in [-0.25, -0.2) is 4.79 Å². The fourth-order valence-electron chi connectivity index (χ4n) is 16.7. The summed E-state index contributed by atoms with van der Waals surface area (Å²) in [6.07, 6.45) is -7.42. The van der Waals surface area contributed by atoms with E-state index in [0.29, 0.717) is 32.1 Å². The Kier molecular flexibility index (Phi) is 20.6. The number of hydrogen-bond donors (Lipinski definition) is 5. The van der Waals surface area contributed by atoms with E-state index in [1.54, 1.807) is 55.1 Å². The molecule has 0 aromatic heterocycles. The van der Waals surface area contributed by atoms with Gasteiger partial charge in [0.2, 0.25) is 0 Å². The van der Waals surface area contributed by atoms with E-state index in [9.17, 15) is 39.9 Å². The molecule has 10 rings (SSSR count). The number of ketones is 1. The Hall–Kier alpha value is -3.41. The van der Waals surface area contributed by atoms with Gasteiger partial charge in [0.25, 0.3) is 0 Å². The number of benzene rings is 1. The van der Waals surface area contributed by atoms with E-state index >= 15 is 0 Å². The predicted molar refractivity (Wildman–Crippen MR) is 310 cm³/mol. The standard InChI is InChI=1S/C65H96O23/c1-33-56(71)45(74-10)29-53(77-33)86-59-37(5)81-55(31-47(59)76-12)87-60-36(4)80-54(30-46(60)75-11)85-58-35(3)79-52(28-44(58)69)84-57-34(2)78-51(27-43(57)68)82-42-21-22-61(8)41(26-42)20-23-63(72)48(61)32-49(83-50(70)19-18-40-16-14-13-15-17-40)62(9)64(38(6)66,88-39(7)67)24-25-65(62,63)73/h13-20,33-37,42-49,51-60,68-69,71-73H,21-32H2,1-12H3/t33-,34+,35+,36-,37+,42-,43-,44-,45+,46-,47+,48+,49+,51-,52-,53-,54-,55-,56-,57+,58+,59+,60-,61-,62+,63-,64+,65+/m0/s1. The van der Waals surface area contributed by atoms with Crippen molar-refractivity contribution in [2.75, 3.05) is 21.3 Å². The SMILES string of the molecule is CO[C@H]1C[C@H](O[C@H]2[C@@H](O)C[C@H](O[C@H]3[C@@H](O)C[C@H](O[C@H]4CC[C@@]5(C)C(=CC[C@]6(O)[C@@H]5C[C@@H](OC(=O)C=Cc5ccccc5)[C@@]5(C)[C@]6(O)CC[C@@]5(OC(C)=O)C(C)=O)C4)O[C@@H]3C)O[C@@H]2C)O[C@@H](C)[C@@H]1O[C@H]1C[C@@H](OC)[C@H](O[C@H]2C[C@@H](OC)[C@@H](O)[C@H](C)O2)[C@@H](C)O1. The van der Waals surface area contributed by atoms with Crippen molar-refractivity contribution in [3.8, 4) is 0 Å². The first-order valence-corrected chi connectivity index (χ1v) is 31.7. The summed E-state index contributed by atoms with van der Waals surface area (Å²) in [5.74, 6) is -2.61. The third-order valence-corrected chi connectivity index (χ3v) is 21.5. The Morgan fingerprint density at radius 3 is 1.60 bits per heavy atom. The number of fused-ring (bicyclic) bond motifs is 5. The summed E-state index contributed by atoms with van der Waals surface area (Å²) in [5, 5.41) is 60.1. The number of carbonyl (C=O) groups excluding carboxylic acids is 3. The first kappa shape index (κ1) is 67.5. The monoisotopic (exact) mass is 1240 g/mol. The van der Waals surface area contributed by atoms with Crippen LogP contribution in [0.15, 0.2) is 48.1 Å². The van der Waals surface area contributed by atoms with Gasteiger partial charge in [0, 0.05) is 72.4 Å². The van der Waals surface area contributed by atoms with E-state index in [1.807, 2.05) is 50.3 Å². The highest BCUT2D eigenvalue weighted by atomic mass is 16.8. The Balaban J connectivity index is 0.718. The van der Waals surface area contributed by atoms with E-state index in [4.69, 9.17) is 71.1 Å². The highest BCUT2D eigenvalue weighted by molar-refractivity contribution is 5.90. The number of aliphatic hydroxyl groups is 5. The minimum atomic E-state index is -2.04. The molecular formula is C65H96O23. The fraction of sp³-hybridized carbons (Fsp3) is 0.800. The van der Waals surface area contributed by atoms with Gasteiger partial charge in [0.05, 0.1) is 72.6 Å². The molecule has 5 N–H and O–H groups in total. The number of carbonyl (C=O) groups is 3. The van der Waals surface area contributed by atoms with Crippen molar-refractivity contribution in [1.82, 2.24) is 0 Å². The van der Waals surface area contributed by atoms with Gasteiger partial charge in [-0.05, 0) is 110 Å². The number of hydrogen-bond acceptors (Lipinski definition) is 23. The Morgan fingerprint density at radius 2 is 1.09 bits per heavy atom. The summed E-state index contributed by atoms with van der Waals surface area (Å²) in [4.78, 5) is 40.5. The Labute approximate surface area is 516 Å². The number of esters is 2. The van der Waals surface area contributed by atoms with Gasteiger partial charge in [-0.15, -0.1) is 0 Å². The quantitative estimate of drug-likeness (QED) is 0.0731. The minimum absolute atomic E-state index is 0.0215. The highest BCUT2D eigenvalue weighted by Crippen LogP contribution is 2.72. The molecule has 8 fully saturated rings. The average Bonchev–Trinajstić information content (AvgIpc) is 1.61. The number of ether oxygens (including phenoxy) is 15. The molecule has 88 heavy (non-hydrogen) atoms. The summed E-state index contributed by atoms with van der Waals surface area (Å²) in [6, 6.07) is 9.21. The molecule has 0 bridgehead atoms. The van der Waals surface area contributed by atoms with E-state index < -0.39 is 180 Å². The third kappa shape index (κ3) is 12.6. The van der Waals surface area contributed by atoms with Gasteiger partial charge in [-0.3, -0.25) is 9.59 Å². The smallest absolute Gasteiger partial charge is 0.331 e. The van der Waals surface area contributed by atoms with Crippen LogP contribution >= 0.6 is 0 Å². The minimum Gasteiger partial charge on any atom is -0.458 e. The van der Waals surface area contributed by atoms with E-state index in [2.05, 4.69) is 6.92 Å². The van der Waals surface area contributed by atoms with Crippen molar-refractivity contribution in [3.05, 3.63) is 53.6 Å². The van der Waals surface area contributed by atoms with Crippen LogP contribution in [-0.4, -0.2) is 217 Å². The molecule has 0 spiro atoms. The zero-order valence-corrected chi connectivity index (χ0v) is 53.0. The lowest BCUT2D eigenvalue weighted by Gasteiger charge is -2.67. The zero-order chi connectivity index (χ0) is 63.4. The molecule has 1 aromatic carbocycles. The molecule has 28 atom stereocenters. The zero-order valence-electron chi connectivity index (χ0n) is 53.0. The van der Waals surface area contributed by atoms with Crippen LogP contribution in [-0.2, 0) is 85.4 Å². The lowest BCUT2D eigenvalue weighted by atomic mass is 9.42. The topological polar surface area (TPSA) is 291 Å². The van der Waals surface area contributed by atoms with Crippen LogP contribution < -0.4 is 0 Å². The number of aliphatic hydroxyl groups excluding tert-OH is 3. The number of Topliss-reactive ketones (excluding diaryl/α,β-unsaturated/α-hetero) is 1. The number of methoxy groups -OCH3 is 3. The second-order valence-corrected chi connectivity index (χ2v) is 26.7. The molecule has 5 aliphatic heterocycles. The normalized spacial score (nSPS) is 47.9. The summed E-state index contributed by atoms with van der Waals surface area (Å²) in [5.41, 5.74) is -6.44. The molecule has 9 aliphatic rings. The molecule has 4 aliphatic carbocycles. The van der Waals surface area contributed by atoms with Crippen LogP contribution in [0.2, 0.25) is 0 Å². The largest absolute Gasteiger partial charge is 0.458 e. The lowest BCUT2D eigenvalue weighted by Crippen LogP contribution is -2.78. The maximum atomic E-state index is 13.9. The van der Waals surface area contributed by atoms with Gasteiger partial charge in [-0.1, -0.05) is 48.9 Å². The first-order valence-electron chi connectivity index (χ1n) is 31.7. The van der Waals surface area contributed by atoms with Gasteiger partial charge in [-0.2, -0.15) is 0 Å². The Bertz CT molecular complexity index is 2620. The maximum absolute atomic E-state index is 13.9. The summed E-state index contributed by atoms with van der Waals surface area (Å²) < 4.78 is 93.4. The van der Waals surface area contributed by atoms with Crippen LogP contribution in [0.3, 0.4) is 0 Å². The number of rotatable bonds is 18. The van der Waals surface area contributed by atoms with Crippen molar-refractivity contribution in [2.45, 2.75) is 291 Å². The van der Waals surface area contributed by atoms with Crippen molar-refractivity contribution >= 4 is 23.8 Å². The van der Waals surface area contributed by atoms with Gasteiger partial charge < -0.3 is 96.6 Å². The fourth-order valence-corrected chi connectivity index (χ4v) is 16.7. The molecule has 5 heterocycles. The Morgan fingerprint density at radius 1 is 0.602 bits per heavy atom. The van der Waals surface area contributed by atoms with Crippen LogP contribution in [0.1, 0.15) is 145 Å². The molecule has 0 radical (unpaired) electrons. The molecule has 23 heteroatoms. The van der Waals surface area contributed by atoms with Crippen molar-refractivity contribution in [1.29, 1.82) is 0 Å². The molecule has 0 unspecified atom stereocenters. The van der Waals surface area contributed by atoms with Crippen LogP contribution in [0, 0.1) is 16.7 Å². The highest BCUT2D eigenvalue weighted by Gasteiger charge is 2.83. The van der Waals surface area contributed by atoms with Crippen LogP contribution in [0.4, 0.5) is 0 Å². The van der Waals surface area contributed by atoms with Gasteiger partial charge >= 0.3 is 11.9 Å². The molecule has 3 saturated carbocycles. The third-order valence-electron chi connectivity index (χ3n) is 21.5. The molecule has 0 amide bonds. The lowest BCUT2D eigenvalue weighted by molar-refractivity contribution is -0.351. The van der Waals surface area contributed by atoms with Gasteiger partial charge in [0.15, 0.2) is 42.8 Å². The maximum Gasteiger partial charge on any atom is 0.331 e. The first-order chi connectivity index (χ1) is 41.7. The van der Waals surface area contributed by atoms with E-state index in [1.165, 1.54) is 19.9 Å². The van der Waals surface area contributed by atoms with Crippen molar-refractivity contribution in [2.24, 2.45) is 16.7 Å². The summed E-state index contributed by atoms with van der Waals surface area (Å²) >= 11 is 0. The second-order valence-electron chi connectivity index (χ2n) is 26.7. The van der Waals surface area contributed by atoms with E-state index in [0.717, 1.165) is 11.1 Å². The molecule has 23 nitrogen and oxygen atoms in total. The summed E-state index contributed by atoms with van der Waals surface area (Å²) in [7, 11) is 4.76. The van der Waals surface area contributed by atoms with Crippen LogP contribution in [0.5, 0.6) is 0 Å². The molecular weight excluding hydrogens is 1150 g/mol. The predicted octanol–water partition coefficient (Wildman–Crippen LogP) is 5.03. The molecule has 1 aromatic rings. The molecule has 494 valence electrons. The average molecular weight is 1250 g/mol. The second kappa shape index (κ2) is 26.9. The van der Waals surface area contributed by atoms with Gasteiger partial charge in [0.1, 0.15) is 47.8 Å². The van der Waals surface area contributed by atoms with E-state index in [-0.39, 0.29) is 51.0 Å². The van der Waals surface area contributed by atoms with Crippen molar-refractivity contribution in [3.63, 3.8) is 0 Å². The summed E-state index contributed by atoms with van der Waals surface area (Å²) in [6.45, 7) is 15.3. The molecule has 5 saturated heterocycles. The van der Waals surface area contributed by atoms with Crippen LogP contribution in [0.25, 0.3) is 6.08 Å². The van der Waals surface area contributed by atoms with Crippen molar-refractivity contribution < 1.29 is 111 Å².